The van der Waals surface area contributed by atoms with Crippen LogP contribution in [0.3, 0.4) is 0 Å². The van der Waals surface area contributed by atoms with Gasteiger partial charge in [0.15, 0.2) is 0 Å². The van der Waals surface area contributed by atoms with Crippen molar-refractivity contribution in [3.05, 3.63) is 64.4 Å². The molecule has 38 heavy (non-hydrogen) atoms. The molecule has 0 spiro atoms. The maximum Gasteiger partial charge on any atom is 0.573 e. The Morgan fingerprint density at radius 1 is 1.16 bits per heavy atom. The third kappa shape index (κ3) is 6.94. The summed E-state index contributed by atoms with van der Waals surface area (Å²) < 4.78 is 61.3. The fourth-order valence-corrected chi connectivity index (χ4v) is 4.74. The molecule has 3 amide bonds. The first kappa shape index (κ1) is 27.7. The number of ether oxygens (including phenoxy) is 2. The zero-order valence-electron chi connectivity index (χ0n) is 20.2. The van der Waals surface area contributed by atoms with E-state index in [1.165, 1.54) is 31.3 Å². The minimum atomic E-state index is -4.98. The summed E-state index contributed by atoms with van der Waals surface area (Å²) in [4.78, 5) is 29.0. The number of nitrogens with one attached hydrogen (secondary N) is 2. The number of rotatable bonds is 6. The summed E-state index contributed by atoms with van der Waals surface area (Å²) >= 11 is 5.93. The van der Waals surface area contributed by atoms with Crippen LogP contribution in [0.2, 0.25) is 5.02 Å². The zero-order valence-corrected chi connectivity index (χ0v) is 21.0. The maximum absolute atomic E-state index is 13.2. The molecule has 2 aromatic carbocycles. The van der Waals surface area contributed by atoms with Gasteiger partial charge in [0.1, 0.15) is 11.6 Å². The van der Waals surface area contributed by atoms with Crippen LogP contribution < -0.4 is 15.4 Å². The highest BCUT2D eigenvalue weighted by atomic mass is 35.5. The summed E-state index contributed by atoms with van der Waals surface area (Å²) in [5.74, 6) is -1.34. The van der Waals surface area contributed by atoms with E-state index in [1.807, 2.05) is 0 Å². The monoisotopic (exact) mass is 556 g/mol. The van der Waals surface area contributed by atoms with Crippen molar-refractivity contribution >= 4 is 35.3 Å². The highest BCUT2D eigenvalue weighted by molar-refractivity contribution is 6.32. The molecule has 4 rings (SSSR count). The van der Waals surface area contributed by atoms with E-state index >= 15 is 0 Å². The fourth-order valence-electron chi connectivity index (χ4n) is 4.54. The van der Waals surface area contributed by atoms with Crippen LogP contribution in [0.1, 0.15) is 11.1 Å². The van der Waals surface area contributed by atoms with Gasteiger partial charge in [0, 0.05) is 38.3 Å². The predicted molar refractivity (Wildman–Crippen MR) is 132 cm³/mol. The Hall–Kier alpha value is -3.35. The van der Waals surface area contributed by atoms with Gasteiger partial charge < -0.3 is 25.0 Å². The Balaban J connectivity index is 1.52. The van der Waals surface area contributed by atoms with Crippen LogP contribution in [0.25, 0.3) is 6.08 Å². The first-order valence-corrected chi connectivity index (χ1v) is 12.0. The van der Waals surface area contributed by atoms with E-state index in [2.05, 4.69) is 20.3 Å². The number of hydrogen-bond donors (Lipinski definition) is 2. The van der Waals surface area contributed by atoms with Crippen LogP contribution in [-0.2, 0) is 16.1 Å². The lowest BCUT2D eigenvalue weighted by atomic mass is 10.0. The second kappa shape index (κ2) is 11.6. The Bertz CT molecular complexity index is 1200. The van der Waals surface area contributed by atoms with Crippen molar-refractivity contribution in [3.8, 4) is 5.75 Å². The van der Waals surface area contributed by atoms with E-state index < -0.39 is 18.1 Å². The molecule has 0 saturated carbocycles. The number of anilines is 1. The Morgan fingerprint density at radius 2 is 1.82 bits per heavy atom. The molecular formula is C25H25ClF4N4O4. The van der Waals surface area contributed by atoms with Gasteiger partial charge in [-0.05, 0) is 35.9 Å². The molecule has 2 aliphatic heterocycles. The quantitative estimate of drug-likeness (QED) is 0.411. The van der Waals surface area contributed by atoms with Crippen molar-refractivity contribution in [2.75, 3.05) is 38.7 Å². The molecule has 0 aliphatic carbocycles. The van der Waals surface area contributed by atoms with Gasteiger partial charge in [-0.25, -0.2) is 9.18 Å². The normalized spacial score (nSPS) is 19.9. The molecule has 0 aromatic heterocycles. The van der Waals surface area contributed by atoms with Crippen molar-refractivity contribution in [3.63, 3.8) is 0 Å². The number of carbonyl (C=O) groups is 2. The largest absolute Gasteiger partial charge is 0.573 e. The highest BCUT2D eigenvalue weighted by Crippen LogP contribution is 2.35. The van der Waals surface area contributed by atoms with Gasteiger partial charge in [0.25, 0.3) is 0 Å². The van der Waals surface area contributed by atoms with Crippen molar-refractivity contribution < 1.29 is 36.6 Å². The molecule has 2 atom stereocenters. The van der Waals surface area contributed by atoms with Gasteiger partial charge in [-0.1, -0.05) is 23.7 Å². The summed E-state index contributed by atoms with van der Waals surface area (Å²) in [5, 5.41) is 4.43. The predicted octanol–water partition coefficient (Wildman–Crippen LogP) is 4.25. The lowest BCUT2D eigenvalue weighted by molar-refractivity contribution is -0.274. The van der Waals surface area contributed by atoms with E-state index in [9.17, 15) is 27.2 Å². The fraction of sp³-hybridized carbons (Fsp3) is 0.360. The van der Waals surface area contributed by atoms with Gasteiger partial charge in [-0.2, -0.15) is 0 Å². The van der Waals surface area contributed by atoms with Crippen molar-refractivity contribution in [2.45, 2.75) is 25.0 Å². The molecule has 2 unspecified atom stereocenters. The van der Waals surface area contributed by atoms with Gasteiger partial charge in [-0.3, -0.25) is 9.69 Å². The molecule has 2 bridgehead atoms. The van der Waals surface area contributed by atoms with E-state index in [0.717, 1.165) is 17.7 Å². The van der Waals surface area contributed by atoms with E-state index in [1.54, 1.807) is 17.0 Å². The Morgan fingerprint density at radius 3 is 2.42 bits per heavy atom. The van der Waals surface area contributed by atoms with Crippen molar-refractivity contribution in [1.29, 1.82) is 0 Å². The standard InChI is InChI=1S/C25H25ClF4N4O4/c1-31-24(36)32-21-9-20(26)22(38-25(28,29)30)8-16(21)4-7-23(35)34-18-11-33(12-19(34)14-37-13-18)10-15-2-5-17(27)6-3-15/h2-9,18-19H,10-14H2,1H3,(H2,31,32,36). The number of alkyl halides is 3. The molecule has 8 nitrogen and oxygen atoms in total. The second-order valence-electron chi connectivity index (χ2n) is 8.87. The lowest BCUT2D eigenvalue weighted by Crippen LogP contribution is -2.65. The number of nitrogens with zero attached hydrogens (tertiary/aromatic N) is 2. The molecule has 2 aromatic rings. The summed E-state index contributed by atoms with van der Waals surface area (Å²) in [6.07, 6.45) is -2.45. The summed E-state index contributed by atoms with van der Waals surface area (Å²) in [7, 11) is 1.37. The average Bonchev–Trinajstić information content (AvgIpc) is 2.84. The molecule has 2 saturated heterocycles. The van der Waals surface area contributed by atoms with Crippen LogP contribution in [0.5, 0.6) is 5.75 Å². The number of benzene rings is 2. The summed E-state index contributed by atoms with van der Waals surface area (Å²) in [6.45, 7) is 2.29. The zero-order chi connectivity index (χ0) is 27.4. The first-order chi connectivity index (χ1) is 18.0. The number of halogens is 5. The summed E-state index contributed by atoms with van der Waals surface area (Å²) in [6, 6.07) is 7.21. The third-order valence-corrected chi connectivity index (χ3v) is 6.42. The highest BCUT2D eigenvalue weighted by Gasteiger charge is 2.40. The number of fused-ring (bicyclic) bond motifs is 2. The third-order valence-electron chi connectivity index (χ3n) is 6.13. The first-order valence-electron chi connectivity index (χ1n) is 11.7. The van der Waals surface area contributed by atoms with Gasteiger partial charge in [0.05, 0.1) is 36.0 Å². The van der Waals surface area contributed by atoms with Crippen LogP contribution in [0.15, 0.2) is 42.5 Å². The summed E-state index contributed by atoms with van der Waals surface area (Å²) in [5.41, 5.74) is 1.11. The Kier molecular flexibility index (Phi) is 8.44. The maximum atomic E-state index is 13.2. The molecule has 2 aliphatic rings. The van der Waals surface area contributed by atoms with Gasteiger partial charge in [-0.15, -0.1) is 13.2 Å². The lowest BCUT2D eigenvalue weighted by Gasteiger charge is -2.49. The number of hydrogen-bond acceptors (Lipinski definition) is 5. The smallest absolute Gasteiger partial charge is 0.404 e. The van der Waals surface area contributed by atoms with E-state index in [0.29, 0.717) is 32.8 Å². The molecule has 2 N–H and O–H groups in total. The number of urea groups is 1. The second-order valence-corrected chi connectivity index (χ2v) is 9.27. The van der Waals surface area contributed by atoms with Crippen LogP contribution in [0, 0.1) is 5.82 Å². The minimum Gasteiger partial charge on any atom is -0.404 e. The van der Waals surface area contributed by atoms with Crippen LogP contribution >= 0.6 is 11.6 Å². The van der Waals surface area contributed by atoms with E-state index in [4.69, 9.17) is 16.3 Å². The minimum absolute atomic E-state index is 0.0839. The molecule has 2 heterocycles. The van der Waals surface area contributed by atoms with Crippen LogP contribution in [0.4, 0.5) is 28.0 Å². The van der Waals surface area contributed by atoms with Gasteiger partial charge >= 0.3 is 12.4 Å². The molecule has 13 heteroatoms. The van der Waals surface area contributed by atoms with Crippen molar-refractivity contribution in [2.24, 2.45) is 0 Å². The van der Waals surface area contributed by atoms with E-state index in [-0.39, 0.29) is 40.1 Å². The molecule has 0 radical (unpaired) electrons. The number of morpholine rings is 1. The van der Waals surface area contributed by atoms with Crippen LogP contribution in [-0.4, -0.2) is 73.5 Å². The molecule has 2 fully saturated rings. The molecular weight excluding hydrogens is 532 g/mol. The molecule has 204 valence electrons. The number of amides is 3. The number of carbonyl (C=O) groups excluding carboxylic acids is 2. The topological polar surface area (TPSA) is 83.1 Å². The van der Waals surface area contributed by atoms with Crippen molar-refractivity contribution in [1.82, 2.24) is 15.1 Å². The number of piperazine rings is 1. The SMILES string of the molecule is CNC(=O)Nc1cc(Cl)c(OC(F)(F)F)cc1C=CC(=O)N1C2COCC1CN(Cc1ccc(F)cc1)C2. The average molecular weight is 557 g/mol. The van der Waals surface area contributed by atoms with Gasteiger partial charge in [0.2, 0.25) is 5.91 Å². The Labute approximate surface area is 221 Å².